The zero-order chi connectivity index (χ0) is 16.7. The standard InChI is InChI=1S/C13H16N4O.2CHN/c1-2-16-11-6-3-9(8-15-14)7-12(11)17(13(16)18)10-4-5-10;2*1-2/h3,6-8,10H,2,4-5,14H2,1H3;2*1H. The minimum Gasteiger partial charge on any atom is -0.323 e. The predicted molar refractivity (Wildman–Crippen MR) is 85.3 cm³/mol. The van der Waals surface area contributed by atoms with Gasteiger partial charge in [-0.2, -0.15) is 5.10 Å². The number of nitriles is 2. The van der Waals surface area contributed by atoms with Crippen LogP contribution in [0.15, 0.2) is 28.1 Å². The van der Waals surface area contributed by atoms with Crippen molar-refractivity contribution in [2.24, 2.45) is 10.9 Å². The Kier molecular flexibility index (Phi) is 5.91. The molecule has 0 amide bonds. The smallest absolute Gasteiger partial charge is 0.323 e. The van der Waals surface area contributed by atoms with Crippen molar-refractivity contribution in [2.75, 3.05) is 0 Å². The molecule has 114 valence electrons. The summed E-state index contributed by atoms with van der Waals surface area (Å²) in [5.41, 5.74) is 3.00. The van der Waals surface area contributed by atoms with Gasteiger partial charge in [0.2, 0.25) is 0 Å². The van der Waals surface area contributed by atoms with Crippen molar-refractivity contribution < 1.29 is 0 Å². The topological polar surface area (TPSA) is 113 Å². The number of rotatable bonds is 3. The first kappa shape index (κ1) is 17.0. The second-order valence-corrected chi connectivity index (χ2v) is 4.65. The molecule has 0 unspecified atom stereocenters. The summed E-state index contributed by atoms with van der Waals surface area (Å²) in [6, 6.07) is 6.26. The van der Waals surface area contributed by atoms with Gasteiger partial charge in [-0.25, -0.2) is 15.3 Å². The first-order valence-electron chi connectivity index (χ1n) is 6.76. The molecule has 1 aromatic heterocycles. The van der Waals surface area contributed by atoms with Crippen molar-refractivity contribution in [1.29, 1.82) is 10.5 Å². The third-order valence-electron chi connectivity index (χ3n) is 3.44. The highest BCUT2D eigenvalue weighted by molar-refractivity contribution is 5.87. The van der Waals surface area contributed by atoms with E-state index in [0.717, 1.165) is 29.4 Å². The summed E-state index contributed by atoms with van der Waals surface area (Å²) < 4.78 is 3.73. The van der Waals surface area contributed by atoms with Crippen LogP contribution in [0.5, 0.6) is 0 Å². The molecular formula is C15H18N6O. The van der Waals surface area contributed by atoms with E-state index < -0.39 is 0 Å². The number of aryl methyl sites for hydroxylation is 1. The van der Waals surface area contributed by atoms with Crippen LogP contribution in [-0.2, 0) is 6.54 Å². The van der Waals surface area contributed by atoms with Crippen molar-refractivity contribution >= 4 is 17.2 Å². The van der Waals surface area contributed by atoms with E-state index in [9.17, 15) is 4.79 Å². The third-order valence-corrected chi connectivity index (χ3v) is 3.44. The predicted octanol–water partition coefficient (Wildman–Crippen LogP) is 1.73. The number of fused-ring (bicyclic) bond motifs is 1. The molecule has 1 saturated carbocycles. The van der Waals surface area contributed by atoms with Gasteiger partial charge >= 0.3 is 5.69 Å². The average Bonchev–Trinajstić information content (AvgIpc) is 3.35. The van der Waals surface area contributed by atoms with Crippen LogP contribution in [0, 0.1) is 23.7 Å². The minimum absolute atomic E-state index is 0.0943. The summed E-state index contributed by atoms with van der Waals surface area (Å²) in [5.74, 6) is 5.17. The fourth-order valence-corrected chi connectivity index (χ4v) is 2.46. The van der Waals surface area contributed by atoms with Gasteiger partial charge in [0.1, 0.15) is 0 Å². The van der Waals surface area contributed by atoms with E-state index in [-0.39, 0.29) is 5.69 Å². The normalized spacial score (nSPS) is 13.1. The second kappa shape index (κ2) is 7.65. The zero-order valence-corrected chi connectivity index (χ0v) is 12.4. The Hall–Kier alpha value is -3.06. The Morgan fingerprint density at radius 2 is 1.95 bits per heavy atom. The first-order valence-corrected chi connectivity index (χ1v) is 6.76. The molecule has 0 aliphatic heterocycles. The second-order valence-electron chi connectivity index (χ2n) is 4.65. The number of imidazole rings is 1. The molecule has 1 aromatic carbocycles. The van der Waals surface area contributed by atoms with Crippen molar-refractivity contribution in [3.63, 3.8) is 0 Å². The maximum atomic E-state index is 12.3. The molecule has 0 saturated heterocycles. The first-order chi connectivity index (χ1) is 10.8. The van der Waals surface area contributed by atoms with Crippen LogP contribution in [-0.4, -0.2) is 15.3 Å². The molecule has 1 heterocycles. The molecule has 7 heteroatoms. The maximum absolute atomic E-state index is 12.3. The molecule has 0 spiro atoms. The van der Waals surface area contributed by atoms with Gasteiger partial charge < -0.3 is 5.84 Å². The van der Waals surface area contributed by atoms with Crippen molar-refractivity contribution in [3.8, 4) is 13.1 Å². The molecule has 3 rings (SSSR count). The number of hydrogen-bond acceptors (Lipinski definition) is 5. The monoisotopic (exact) mass is 298 g/mol. The summed E-state index contributed by atoms with van der Waals surface area (Å²) in [7, 11) is 0. The van der Waals surface area contributed by atoms with Gasteiger partial charge in [-0.3, -0.25) is 9.13 Å². The highest BCUT2D eigenvalue weighted by Crippen LogP contribution is 2.36. The van der Waals surface area contributed by atoms with Crippen molar-refractivity contribution in [1.82, 2.24) is 9.13 Å². The van der Waals surface area contributed by atoms with Gasteiger partial charge in [0.25, 0.3) is 0 Å². The van der Waals surface area contributed by atoms with Gasteiger partial charge in [0, 0.05) is 25.7 Å². The molecule has 7 nitrogen and oxygen atoms in total. The number of aromatic nitrogens is 2. The number of nitrogens with zero attached hydrogens (tertiary/aromatic N) is 5. The lowest BCUT2D eigenvalue weighted by Gasteiger charge is -2.00. The van der Waals surface area contributed by atoms with E-state index in [1.807, 2.05) is 34.3 Å². The summed E-state index contributed by atoms with van der Waals surface area (Å²) in [5, 5.41) is 16.5. The molecule has 0 radical (unpaired) electrons. The minimum atomic E-state index is 0.0943. The van der Waals surface area contributed by atoms with Gasteiger partial charge in [0.05, 0.1) is 17.2 Å². The van der Waals surface area contributed by atoms with Crippen LogP contribution >= 0.6 is 0 Å². The van der Waals surface area contributed by atoms with Crippen LogP contribution < -0.4 is 11.5 Å². The lowest BCUT2D eigenvalue weighted by Crippen LogP contribution is -2.23. The van der Waals surface area contributed by atoms with Crippen molar-refractivity contribution in [2.45, 2.75) is 32.4 Å². The van der Waals surface area contributed by atoms with E-state index in [2.05, 4.69) is 18.2 Å². The number of nitrogens with two attached hydrogens (primary N) is 1. The van der Waals surface area contributed by atoms with E-state index in [0.29, 0.717) is 12.6 Å². The molecule has 2 aromatic rings. The Balaban J connectivity index is 0.000000561. The Labute approximate surface area is 128 Å². The molecule has 1 fully saturated rings. The molecule has 22 heavy (non-hydrogen) atoms. The lowest BCUT2D eigenvalue weighted by molar-refractivity contribution is 0.660. The Morgan fingerprint density at radius 1 is 1.32 bits per heavy atom. The Morgan fingerprint density at radius 3 is 2.45 bits per heavy atom. The molecule has 1 aliphatic rings. The van der Waals surface area contributed by atoms with Gasteiger partial charge in [0.15, 0.2) is 0 Å². The number of hydrazone groups is 1. The molecule has 2 N–H and O–H groups in total. The lowest BCUT2D eigenvalue weighted by atomic mass is 10.2. The van der Waals surface area contributed by atoms with Crippen molar-refractivity contribution in [3.05, 3.63) is 34.2 Å². The Bertz CT molecular complexity index is 755. The molecule has 0 atom stereocenters. The van der Waals surface area contributed by atoms with E-state index in [4.69, 9.17) is 16.4 Å². The van der Waals surface area contributed by atoms with Gasteiger partial charge in [-0.05, 0) is 37.5 Å². The van der Waals surface area contributed by atoms with Crippen LogP contribution in [0.3, 0.4) is 0 Å². The average molecular weight is 298 g/mol. The summed E-state index contributed by atoms with van der Waals surface area (Å²) in [4.78, 5) is 12.3. The molecule has 0 bridgehead atoms. The quantitative estimate of drug-likeness (QED) is 0.528. The van der Waals surface area contributed by atoms with Gasteiger partial charge in [-0.1, -0.05) is 6.07 Å². The summed E-state index contributed by atoms with van der Waals surface area (Å²) >= 11 is 0. The van der Waals surface area contributed by atoms with Crippen LogP contribution in [0.25, 0.3) is 11.0 Å². The van der Waals surface area contributed by atoms with Gasteiger partial charge in [-0.15, -0.1) is 0 Å². The zero-order valence-electron chi connectivity index (χ0n) is 12.4. The summed E-state index contributed by atoms with van der Waals surface area (Å²) in [6.07, 6.45) is 3.79. The third kappa shape index (κ3) is 2.99. The van der Waals surface area contributed by atoms with Crippen LogP contribution in [0.2, 0.25) is 0 Å². The van der Waals surface area contributed by atoms with Crippen LogP contribution in [0.4, 0.5) is 0 Å². The fourth-order valence-electron chi connectivity index (χ4n) is 2.46. The molecule has 1 aliphatic carbocycles. The molecular weight excluding hydrogens is 280 g/mol. The van der Waals surface area contributed by atoms with E-state index in [1.54, 1.807) is 6.21 Å². The van der Waals surface area contributed by atoms with E-state index in [1.165, 1.54) is 0 Å². The highest BCUT2D eigenvalue weighted by atomic mass is 16.1. The number of hydrogen-bond donors (Lipinski definition) is 1. The maximum Gasteiger partial charge on any atom is 0.329 e. The van der Waals surface area contributed by atoms with Crippen LogP contribution in [0.1, 0.15) is 31.4 Å². The highest BCUT2D eigenvalue weighted by Gasteiger charge is 2.28. The SMILES string of the molecule is C#N.C#N.CCn1c(=O)n(C2CC2)c2cc(C=NN)ccc21. The largest absolute Gasteiger partial charge is 0.329 e. The summed E-state index contributed by atoms with van der Waals surface area (Å²) in [6.45, 7) is 9.69. The fraction of sp³-hybridized carbons (Fsp3) is 0.333. The number of benzene rings is 1. The van der Waals surface area contributed by atoms with E-state index >= 15 is 0 Å².